The maximum absolute atomic E-state index is 15.6. The lowest BCUT2D eigenvalue weighted by molar-refractivity contribution is -0.153. The smallest absolute Gasteiger partial charge is 0.422 e. The van der Waals surface area contributed by atoms with Crippen molar-refractivity contribution in [3.63, 3.8) is 0 Å². The molecule has 1 spiro atoms. The van der Waals surface area contributed by atoms with Crippen LogP contribution in [-0.4, -0.2) is 107 Å². The third kappa shape index (κ3) is 5.57. The summed E-state index contributed by atoms with van der Waals surface area (Å²) < 4.78 is 63.5. The van der Waals surface area contributed by atoms with E-state index in [0.29, 0.717) is 77.0 Å². The lowest BCUT2D eigenvalue weighted by Crippen LogP contribution is -2.63. The van der Waals surface area contributed by atoms with E-state index in [9.17, 15) is 18.0 Å². The predicted molar refractivity (Wildman–Crippen MR) is 186 cm³/mol. The molecule has 51 heavy (non-hydrogen) atoms. The molecule has 6 heterocycles. The molecular weight excluding hydrogens is 664 g/mol. The number of carbonyl (C=O) groups is 1. The molecule has 0 unspecified atom stereocenters. The number of aromatic nitrogens is 4. The normalized spacial score (nSPS) is 20.8. The standard InChI is InChI=1S/C37H40F4N8O2/c1-3-29(50)49-18-36(19-49)7-11-47(12-8-36)34-25-13-24(22-5-6-22)31(30-21(2)27(38)14-28-26(30)15-42-45-28)33(51-20-37(39,40)41)32(25)43-35(44-34)48-16-23(17-48)46-9-4-10-46/h3,13-15,22-23H,1,4-12,16-20H2,2H3,(H,42,45). The molecule has 10 nitrogen and oxygen atoms in total. The highest BCUT2D eigenvalue weighted by Crippen LogP contribution is 2.53. The Morgan fingerprint density at radius 1 is 1.06 bits per heavy atom. The summed E-state index contributed by atoms with van der Waals surface area (Å²) in [5.41, 5.74) is 2.79. The Morgan fingerprint density at radius 3 is 2.45 bits per heavy atom. The number of halogens is 4. The van der Waals surface area contributed by atoms with Crippen LogP contribution in [0.2, 0.25) is 0 Å². The minimum atomic E-state index is -4.62. The number of nitrogens with one attached hydrogen (secondary N) is 1. The summed E-state index contributed by atoms with van der Waals surface area (Å²) in [4.78, 5) is 31.0. The second kappa shape index (κ2) is 11.8. The number of benzene rings is 2. The van der Waals surface area contributed by atoms with Crippen molar-refractivity contribution in [3.8, 4) is 16.9 Å². The number of nitrogens with zero attached hydrogens (tertiary/aromatic N) is 7. The molecule has 4 aromatic rings. The quantitative estimate of drug-likeness (QED) is 0.178. The molecule has 2 aromatic heterocycles. The fraction of sp³-hybridized carbons (Fsp3) is 0.514. The van der Waals surface area contributed by atoms with E-state index >= 15 is 4.39 Å². The zero-order valence-corrected chi connectivity index (χ0v) is 28.5. The number of anilines is 2. The topological polar surface area (TPSA) is 93.7 Å². The first kappa shape index (κ1) is 32.4. The molecule has 4 saturated heterocycles. The van der Waals surface area contributed by atoms with E-state index in [4.69, 9.17) is 14.7 Å². The molecule has 5 aliphatic rings. The number of piperidine rings is 1. The second-order valence-electron chi connectivity index (χ2n) is 15.1. The molecule has 0 bridgehead atoms. The molecule has 1 saturated carbocycles. The van der Waals surface area contributed by atoms with Gasteiger partial charge in [-0.25, -0.2) is 9.37 Å². The largest absolute Gasteiger partial charge is 0.481 e. The molecule has 4 aliphatic heterocycles. The van der Waals surface area contributed by atoms with Gasteiger partial charge in [0.25, 0.3) is 0 Å². The minimum Gasteiger partial charge on any atom is -0.481 e. The summed E-state index contributed by atoms with van der Waals surface area (Å²) in [6, 6.07) is 3.77. The number of alkyl halides is 3. The predicted octanol–water partition coefficient (Wildman–Crippen LogP) is 5.95. The summed E-state index contributed by atoms with van der Waals surface area (Å²) in [6.07, 6.45) is 2.91. The average molecular weight is 705 g/mol. The number of aromatic amines is 1. The van der Waals surface area contributed by atoms with Crippen LogP contribution in [0.25, 0.3) is 32.9 Å². The summed E-state index contributed by atoms with van der Waals surface area (Å²) in [5.74, 6) is 0.641. The maximum atomic E-state index is 15.6. The number of H-pyrrole nitrogens is 1. The van der Waals surface area contributed by atoms with Crippen molar-refractivity contribution in [1.82, 2.24) is 30.0 Å². The third-order valence-corrected chi connectivity index (χ3v) is 11.7. The van der Waals surface area contributed by atoms with Gasteiger partial charge in [-0.3, -0.25) is 14.8 Å². The van der Waals surface area contributed by atoms with Gasteiger partial charge in [0, 0.05) is 72.6 Å². The summed E-state index contributed by atoms with van der Waals surface area (Å²) in [6.45, 7) is 10.1. The number of ether oxygens (including phenoxy) is 1. The molecule has 268 valence electrons. The highest BCUT2D eigenvalue weighted by Gasteiger charge is 2.47. The van der Waals surface area contributed by atoms with Crippen LogP contribution in [0.1, 0.15) is 49.1 Å². The van der Waals surface area contributed by atoms with E-state index in [-0.39, 0.29) is 28.5 Å². The van der Waals surface area contributed by atoms with Gasteiger partial charge in [-0.05, 0) is 87.4 Å². The Balaban J connectivity index is 1.21. The molecule has 1 amide bonds. The van der Waals surface area contributed by atoms with Crippen LogP contribution < -0.4 is 14.5 Å². The Kier molecular flexibility index (Phi) is 7.50. The highest BCUT2D eigenvalue weighted by molar-refractivity contribution is 6.06. The van der Waals surface area contributed by atoms with Crippen molar-refractivity contribution >= 4 is 39.5 Å². The highest BCUT2D eigenvalue weighted by atomic mass is 19.4. The number of amides is 1. The molecule has 1 aliphatic carbocycles. The minimum absolute atomic E-state index is 0.00121. The molecule has 0 radical (unpaired) electrons. The van der Waals surface area contributed by atoms with Gasteiger partial charge in [0.2, 0.25) is 11.9 Å². The van der Waals surface area contributed by atoms with E-state index in [1.807, 2.05) is 11.0 Å². The summed E-state index contributed by atoms with van der Waals surface area (Å²) >= 11 is 0. The fourth-order valence-corrected chi connectivity index (χ4v) is 8.48. The van der Waals surface area contributed by atoms with Crippen molar-refractivity contribution in [2.24, 2.45) is 5.41 Å². The van der Waals surface area contributed by atoms with E-state index in [1.54, 1.807) is 13.1 Å². The van der Waals surface area contributed by atoms with Crippen LogP contribution in [0.15, 0.2) is 31.0 Å². The van der Waals surface area contributed by atoms with Crippen molar-refractivity contribution in [2.45, 2.75) is 57.2 Å². The van der Waals surface area contributed by atoms with E-state index in [2.05, 4.69) is 31.5 Å². The molecule has 9 rings (SSSR count). The average Bonchev–Trinajstić information content (AvgIpc) is 3.80. The molecule has 2 aromatic carbocycles. The van der Waals surface area contributed by atoms with E-state index in [0.717, 1.165) is 57.4 Å². The second-order valence-corrected chi connectivity index (χ2v) is 15.1. The van der Waals surface area contributed by atoms with Gasteiger partial charge in [-0.1, -0.05) is 6.58 Å². The van der Waals surface area contributed by atoms with Gasteiger partial charge >= 0.3 is 6.18 Å². The Hall–Kier alpha value is -4.46. The first-order valence-corrected chi connectivity index (χ1v) is 17.9. The van der Waals surface area contributed by atoms with Crippen molar-refractivity contribution in [1.29, 1.82) is 0 Å². The SMILES string of the molecule is C=CC(=O)N1CC2(CCN(c3nc(N4CC(N5CCC5)C4)nc4c(OCC(F)(F)F)c(-c5c(C)c(F)cc6[nH]ncc56)c(C5CC5)cc34)CC2)C1. The van der Waals surface area contributed by atoms with Crippen LogP contribution in [0, 0.1) is 18.2 Å². The number of hydrogen-bond donors (Lipinski definition) is 1. The molecule has 1 N–H and O–H groups in total. The van der Waals surface area contributed by atoms with Crippen molar-refractivity contribution < 1.29 is 27.1 Å². The first-order valence-electron chi connectivity index (χ1n) is 17.9. The van der Waals surface area contributed by atoms with Crippen LogP contribution >= 0.6 is 0 Å². The zero-order chi connectivity index (χ0) is 35.2. The van der Waals surface area contributed by atoms with Crippen LogP contribution in [0.3, 0.4) is 0 Å². The third-order valence-electron chi connectivity index (χ3n) is 11.7. The number of fused-ring (bicyclic) bond motifs is 2. The molecule has 0 atom stereocenters. The molecular formula is C37H40F4N8O2. The Labute approximate surface area is 292 Å². The lowest BCUT2D eigenvalue weighted by Gasteiger charge is -2.54. The summed E-state index contributed by atoms with van der Waals surface area (Å²) in [5, 5.41) is 8.23. The van der Waals surface area contributed by atoms with Gasteiger partial charge in [0.15, 0.2) is 12.4 Å². The van der Waals surface area contributed by atoms with Gasteiger partial charge in [-0.15, -0.1) is 0 Å². The van der Waals surface area contributed by atoms with Gasteiger partial charge in [-0.2, -0.15) is 23.3 Å². The number of hydrogen-bond acceptors (Lipinski definition) is 8. The van der Waals surface area contributed by atoms with Crippen LogP contribution in [0.4, 0.5) is 29.3 Å². The first-order chi connectivity index (χ1) is 24.5. The van der Waals surface area contributed by atoms with E-state index in [1.165, 1.54) is 18.6 Å². The lowest BCUT2D eigenvalue weighted by atomic mass is 9.72. The monoisotopic (exact) mass is 704 g/mol. The summed E-state index contributed by atoms with van der Waals surface area (Å²) in [7, 11) is 0. The molecule has 5 fully saturated rings. The Bertz CT molecular complexity index is 2050. The van der Waals surface area contributed by atoms with Gasteiger partial charge < -0.3 is 19.4 Å². The fourth-order valence-electron chi connectivity index (χ4n) is 8.48. The van der Waals surface area contributed by atoms with Crippen LogP contribution in [0.5, 0.6) is 5.75 Å². The Morgan fingerprint density at radius 2 is 1.80 bits per heavy atom. The van der Waals surface area contributed by atoms with Crippen molar-refractivity contribution in [2.75, 3.05) is 68.8 Å². The zero-order valence-electron chi connectivity index (χ0n) is 28.5. The van der Waals surface area contributed by atoms with Crippen LogP contribution in [-0.2, 0) is 4.79 Å². The van der Waals surface area contributed by atoms with Crippen molar-refractivity contribution in [3.05, 3.63) is 47.9 Å². The van der Waals surface area contributed by atoms with Gasteiger partial charge in [0.05, 0.1) is 11.7 Å². The van der Waals surface area contributed by atoms with E-state index < -0.39 is 18.6 Å². The molecule has 14 heteroatoms. The number of rotatable bonds is 8. The number of carbonyl (C=O) groups excluding carboxylic acids is 1. The van der Waals surface area contributed by atoms with Gasteiger partial charge in [0.1, 0.15) is 17.2 Å². The maximum Gasteiger partial charge on any atom is 0.422 e. The number of likely N-dealkylation sites (tertiary alicyclic amines) is 2.